The first-order valence-corrected chi connectivity index (χ1v) is 8.57. The molecule has 6 heteroatoms. The summed E-state index contributed by atoms with van der Waals surface area (Å²) in [6.45, 7) is 9.01. The van der Waals surface area contributed by atoms with Crippen LogP contribution in [0.2, 0.25) is 0 Å². The fraction of sp³-hybridized carbons (Fsp3) is 0.450. The SMILES string of the molecule is C=C1C(=O)O[C@@H]2/C=C(/C)CC/C=C(/C(=O)O)C[C@@H](OC(=O)/C(C)=C/C)C12. The summed E-state index contributed by atoms with van der Waals surface area (Å²) < 4.78 is 11.0. The number of esters is 2. The second-order valence-corrected chi connectivity index (χ2v) is 6.63. The number of hydrogen-bond acceptors (Lipinski definition) is 5. The molecule has 0 bridgehead atoms. The number of carbonyl (C=O) groups excluding carboxylic acids is 2. The van der Waals surface area contributed by atoms with Gasteiger partial charge in [0, 0.05) is 23.1 Å². The van der Waals surface area contributed by atoms with Crippen LogP contribution in [0, 0.1) is 5.92 Å². The van der Waals surface area contributed by atoms with Crippen LogP contribution in [0.3, 0.4) is 0 Å². The highest BCUT2D eigenvalue weighted by molar-refractivity contribution is 5.92. The monoisotopic (exact) mass is 360 g/mol. The minimum atomic E-state index is -1.07. The Balaban J connectivity index is 2.46. The van der Waals surface area contributed by atoms with E-state index in [0.717, 1.165) is 5.57 Å². The van der Waals surface area contributed by atoms with Crippen LogP contribution in [0.4, 0.5) is 0 Å². The fourth-order valence-corrected chi connectivity index (χ4v) is 3.08. The minimum Gasteiger partial charge on any atom is -0.478 e. The van der Waals surface area contributed by atoms with Crippen LogP contribution in [-0.2, 0) is 23.9 Å². The van der Waals surface area contributed by atoms with Gasteiger partial charge in [-0.25, -0.2) is 14.4 Å². The summed E-state index contributed by atoms with van der Waals surface area (Å²) >= 11 is 0. The molecule has 1 unspecified atom stereocenters. The van der Waals surface area contributed by atoms with E-state index in [0.29, 0.717) is 18.4 Å². The van der Waals surface area contributed by atoms with E-state index in [1.807, 2.05) is 13.0 Å². The molecule has 2 rings (SSSR count). The quantitative estimate of drug-likeness (QED) is 0.472. The lowest BCUT2D eigenvalue weighted by atomic mass is 9.85. The molecule has 3 atom stereocenters. The third-order valence-corrected chi connectivity index (χ3v) is 4.75. The van der Waals surface area contributed by atoms with Gasteiger partial charge in [0.15, 0.2) is 0 Å². The van der Waals surface area contributed by atoms with Crippen LogP contribution < -0.4 is 0 Å². The predicted octanol–water partition coefficient (Wildman–Crippen LogP) is 3.10. The zero-order valence-electron chi connectivity index (χ0n) is 15.3. The molecule has 1 saturated heterocycles. The van der Waals surface area contributed by atoms with Crippen molar-refractivity contribution >= 4 is 17.9 Å². The van der Waals surface area contributed by atoms with Crippen molar-refractivity contribution < 1.29 is 29.0 Å². The van der Waals surface area contributed by atoms with Crippen molar-refractivity contribution in [2.24, 2.45) is 5.92 Å². The molecule has 1 aliphatic carbocycles. The molecule has 26 heavy (non-hydrogen) atoms. The molecule has 0 radical (unpaired) electrons. The number of fused-ring (bicyclic) bond motifs is 1. The largest absolute Gasteiger partial charge is 0.478 e. The van der Waals surface area contributed by atoms with E-state index in [2.05, 4.69) is 6.58 Å². The summed E-state index contributed by atoms with van der Waals surface area (Å²) in [4.78, 5) is 35.9. The summed E-state index contributed by atoms with van der Waals surface area (Å²) in [5.74, 6) is -2.78. The zero-order chi connectivity index (χ0) is 19.4. The molecule has 0 aromatic heterocycles. The number of ether oxygens (including phenoxy) is 2. The van der Waals surface area contributed by atoms with Crippen molar-refractivity contribution in [1.29, 1.82) is 0 Å². The van der Waals surface area contributed by atoms with Gasteiger partial charge in [0.05, 0.1) is 5.92 Å². The first-order valence-electron chi connectivity index (χ1n) is 8.57. The van der Waals surface area contributed by atoms with Gasteiger partial charge in [0.2, 0.25) is 0 Å². The van der Waals surface area contributed by atoms with Crippen molar-refractivity contribution in [2.75, 3.05) is 0 Å². The highest BCUT2D eigenvalue weighted by Gasteiger charge is 2.45. The standard InChI is InChI=1S/C20H24O6/c1-5-12(3)19(23)25-16-10-14(18(21)22)8-6-7-11(2)9-15-17(16)13(4)20(24)26-15/h5,8-9,15-17H,4,6-7,10H2,1-3H3,(H,21,22)/b11-9-,12-5+,14-8+/t15-,16-,17?/m1/s1. The number of allylic oxidation sites excluding steroid dienone is 3. The Morgan fingerprint density at radius 1 is 1.42 bits per heavy atom. The molecule has 1 heterocycles. The molecular formula is C20H24O6. The lowest BCUT2D eigenvalue weighted by Gasteiger charge is -2.27. The second-order valence-electron chi connectivity index (χ2n) is 6.63. The van der Waals surface area contributed by atoms with Gasteiger partial charge < -0.3 is 14.6 Å². The Bertz CT molecular complexity index is 725. The highest BCUT2D eigenvalue weighted by Crippen LogP contribution is 2.36. The molecule has 1 fully saturated rings. The van der Waals surface area contributed by atoms with E-state index in [1.54, 1.807) is 26.0 Å². The van der Waals surface area contributed by atoms with Crippen LogP contribution in [0.25, 0.3) is 0 Å². The second kappa shape index (κ2) is 8.17. The van der Waals surface area contributed by atoms with E-state index < -0.39 is 36.0 Å². The molecule has 140 valence electrons. The minimum absolute atomic E-state index is 0.0121. The van der Waals surface area contributed by atoms with Crippen molar-refractivity contribution in [3.63, 3.8) is 0 Å². The lowest BCUT2D eigenvalue weighted by molar-refractivity contribution is -0.148. The molecule has 0 spiro atoms. The third kappa shape index (κ3) is 4.31. The topological polar surface area (TPSA) is 89.9 Å². The van der Waals surface area contributed by atoms with E-state index in [9.17, 15) is 19.5 Å². The maximum atomic E-state index is 12.3. The van der Waals surface area contributed by atoms with Crippen molar-refractivity contribution in [1.82, 2.24) is 0 Å². The number of carbonyl (C=O) groups is 3. The maximum Gasteiger partial charge on any atom is 0.334 e. The van der Waals surface area contributed by atoms with Gasteiger partial charge in [0.25, 0.3) is 0 Å². The normalized spacial score (nSPS) is 31.0. The van der Waals surface area contributed by atoms with Gasteiger partial charge in [-0.3, -0.25) is 0 Å². The Kier molecular flexibility index (Phi) is 6.18. The molecule has 0 aromatic rings. The summed E-state index contributed by atoms with van der Waals surface area (Å²) in [5, 5.41) is 9.49. The van der Waals surface area contributed by atoms with E-state index in [1.165, 1.54) is 0 Å². The molecule has 0 aromatic carbocycles. The van der Waals surface area contributed by atoms with Crippen molar-refractivity contribution in [2.45, 2.75) is 52.2 Å². The average molecular weight is 360 g/mol. The molecule has 1 N–H and O–H groups in total. The molecule has 1 aliphatic heterocycles. The van der Waals surface area contributed by atoms with Crippen LogP contribution in [0.15, 0.2) is 47.1 Å². The lowest BCUT2D eigenvalue weighted by Crippen LogP contribution is -2.34. The zero-order valence-corrected chi connectivity index (χ0v) is 15.3. The van der Waals surface area contributed by atoms with Gasteiger partial charge in [-0.1, -0.05) is 24.3 Å². The Morgan fingerprint density at radius 3 is 2.73 bits per heavy atom. The number of rotatable bonds is 3. The van der Waals surface area contributed by atoms with Crippen LogP contribution in [0.5, 0.6) is 0 Å². The van der Waals surface area contributed by atoms with Crippen LogP contribution in [0.1, 0.15) is 40.0 Å². The van der Waals surface area contributed by atoms with E-state index in [4.69, 9.17) is 9.47 Å². The number of carboxylic acids is 1. The summed E-state index contributed by atoms with van der Waals surface area (Å²) in [7, 11) is 0. The predicted molar refractivity (Wildman–Crippen MR) is 95.1 cm³/mol. The molecule has 2 aliphatic rings. The maximum absolute atomic E-state index is 12.3. The molecule has 0 saturated carbocycles. The first kappa shape index (κ1) is 19.7. The Morgan fingerprint density at radius 2 is 2.12 bits per heavy atom. The molecule has 0 amide bonds. The van der Waals surface area contributed by atoms with Crippen LogP contribution in [-0.4, -0.2) is 35.2 Å². The van der Waals surface area contributed by atoms with Gasteiger partial charge >= 0.3 is 17.9 Å². The van der Waals surface area contributed by atoms with Gasteiger partial charge in [-0.05, 0) is 39.7 Å². The van der Waals surface area contributed by atoms with E-state index >= 15 is 0 Å². The van der Waals surface area contributed by atoms with Crippen molar-refractivity contribution in [3.8, 4) is 0 Å². The number of carboxylic acid groups (broad SMARTS) is 1. The molecular weight excluding hydrogens is 336 g/mol. The van der Waals surface area contributed by atoms with Gasteiger partial charge in [-0.2, -0.15) is 0 Å². The van der Waals surface area contributed by atoms with Crippen molar-refractivity contribution in [3.05, 3.63) is 47.1 Å². The third-order valence-electron chi connectivity index (χ3n) is 4.75. The average Bonchev–Trinajstić information content (AvgIpc) is 2.85. The fourth-order valence-electron chi connectivity index (χ4n) is 3.08. The first-order chi connectivity index (χ1) is 12.2. The summed E-state index contributed by atoms with van der Waals surface area (Å²) in [5.41, 5.74) is 1.73. The van der Waals surface area contributed by atoms with Gasteiger partial charge in [0.1, 0.15) is 12.2 Å². The summed E-state index contributed by atoms with van der Waals surface area (Å²) in [6.07, 6.45) is 4.81. The molecule has 6 nitrogen and oxygen atoms in total. The number of aliphatic carboxylic acids is 1. The number of hydrogen-bond donors (Lipinski definition) is 1. The Labute approximate surface area is 152 Å². The smallest absolute Gasteiger partial charge is 0.334 e. The highest BCUT2D eigenvalue weighted by atomic mass is 16.6. The van der Waals surface area contributed by atoms with E-state index in [-0.39, 0.29) is 17.6 Å². The Hall–Kier alpha value is -2.63. The summed E-state index contributed by atoms with van der Waals surface area (Å²) in [6, 6.07) is 0. The van der Waals surface area contributed by atoms with Gasteiger partial charge in [-0.15, -0.1) is 0 Å². The van der Waals surface area contributed by atoms with Crippen LogP contribution >= 0.6 is 0 Å².